The maximum absolute atomic E-state index is 12.6. The molecule has 3 heterocycles. The predicted octanol–water partition coefficient (Wildman–Crippen LogP) is 1.48. The van der Waals surface area contributed by atoms with E-state index in [4.69, 9.17) is 0 Å². The number of aromatic amines is 1. The Morgan fingerprint density at radius 1 is 1.07 bits per heavy atom. The van der Waals surface area contributed by atoms with Crippen molar-refractivity contribution < 1.29 is 0 Å². The van der Waals surface area contributed by atoms with E-state index in [-0.39, 0.29) is 17.7 Å². The van der Waals surface area contributed by atoms with Gasteiger partial charge in [0, 0.05) is 17.8 Å². The van der Waals surface area contributed by atoms with Crippen molar-refractivity contribution in [3.63, 3.8) is 0 Å². The van der Waals surface area contributed by atoms with E-state index in [0.717, 1.165) is 29.2 Å². The minimum Gasteiger partial charge on any atom is -0.269 e. The summed E-state index contributed by atoms with van der Waals surface area (Å²) in [5.41, 5.74) is 3.15. The highest BCUT2D eigenvalue weighted by atomic mass is 16.2. The highest BCUT2D eigenvalue weighted by molar-refractivity contribution is 5.80. The Morgan fingerprint density at radius 3 is 2.54 bits per heavy atom. The lowest BCUT2D eigenvalue weighted by molar-refractivity contribution is 0.473. The quantitative estimate of drug-likeness (QED) is 0.566. The van der Waals surface area contributed by atoms with Crippen LogP contribution < -0.4 is 11.1 Å². The van der Waals surface area contributed by atoms with Gasteiger partial charge in [0.1, 0.15) is 5.69 Å². The van der Waals surface area contributed by atoms with E-state index in [1.807, 2.05) is 31.6 Å². The normalized spacial score (nSPS) is 11.4. The van der Waals surface area contributed by atoms with Crippen molar-refractivity contribution in [1.82, 2.24) is 34.6 Å². The van der Waals surface area contributed by atoms with Crippen molar-refractivity contribution in [1.29, 1.82) is 0 Å². The van der Waals surface area contributed by atoms with E-state index in [1.54, 1.807) is 28.9 Å². The molecule has 0 bridgehead atoms. The van der Waals surface area contributed by atoms with Crippen molar-refractivity contribution in [2.45, 2.75) is 40.4 Å². The summed E-state index contributed by atoms with van der Waals surface area (Å²) in [4.78, 5) is 24.8. The number of fused-ring (bicyclic) bond motifs is 1. The van der Waals surface area contributed by atoms with Crippen LogP contribution in [0.25, 0.3) is 22.0 Å². The zero-order chi connectivity index (χ0) is 19.8. The van der Waals surface area contributed by atoms with Gasteiger partial charge in [-0.2, -0.15) is 5.10 Å². The minimum absolute atomic E-state index is 0.230. The molecule has 1 N–H and O–H groups in total. The van der Waals surface area contributed by atoms with Gasteiger partial charge >= 0.3 is 0 Å². The molecule has 144 valence electrons. The maximum atomic E-state index is 12.6. The van der Waals surface area contributed by atoms with Crippen LogP contribution in [0.5, 0.6) is 0 Å². The van der Waals surface area contributed by atoms with Gasteiger partial charge in [-0.05, 0) is 32.9 Å². The largest absolute Gasteiger partial charge is 0.273 e. The summed E-state index contributed by atoms with van der Waals surface area (Å²) in [6.45, 7) is 7.49. The minimum atomic E-state index is -0.285. The van der Waals surface area contributed by atoms with Crippen molar-refractivity contribution in [3.8, 4) is 11.3 Å². The molecule has 0 aliphatic rings. The van der Waals surface area contributed by atoms with E-state index in [0.29, 0.717) is 17.3 Å². The average molecular weight is 379 g/mol. The number of aromatic nitrogens is 7. The fourth-order valence-corrected chi connectivity index (χ4v) is 3.50. The molecule has 0 unspecified atom stereocenters. The van der Waals surface area contributed by atoms with Crippen LogP contribution in [0.2, 0.25) is 0 Å². The Morgan fingerprint density at radius 2 is 1.82 bits per heavy atom. The molecule has 1 aromatic carbocycles. The molecule has 28 heavy (non-hydrogen) atoms. The highest BCUT2D eigenvalue weighted by Crippen LogP contribution is 2.24. The van der Waals surface area contributed by atoms with Crippen molar-refractivity contribution in [2.24, 2.45) is 0 Å². The molecular weight excluding hydrogens is 358 g/mol. The molecule has 3 aromatic heterocycles. The van der Waals surface area contributed by atoms with Gasteiger partial charge in [-0.25, -0.2) is 4.68 Å². The van der Waals surface area contributed by atoms with Gasteiger partial charge < -0.3 is 0 Å². The number of benzene rings is 1. The summed E-state index contributed by atoms with van der Waals surface area (Å²) < 4.78 is 4.91. The molecule has 0 saturated heterocycles. The van der Waals surface area contributed by atoms with Crippen LogP contribution in [0.15, 0.2) is 40.1 Å². The SMILES string of the molecule is CCn1nc(C)c(-c2cn(CCn3[nH]c(=O)c4ccccc4c3=O)nn2)c1C. The van der Waals surface area contributed by atoms with Crippen molar-refractivity contribution in [2.75, 3.05) is 0 Å². The average Bonchev–Trinajstić information content (AvgIpc) is 3.27. The third-order valence-corrected chi connectivity index (χ3v) is 4.91. The Kier molecular flexibility index (Phi) is 4.42. The fraction of sp³-hybridized carbons (Fsp3) is 0.316. The lowest BCUT2D eigenvalue weighted by Crippen LogP contribution is -2.31. The van der Waals surface area contributed by atoms with E-state index in [2.05, 4.69) is 20.5 Å². The molecule has 9 heteroatoms. The number of H-pyrrole nitrogens is 1. The predicted molar refractivity (Wildman–Crippen MR) is 105 cm³/mol. The number of nitrogens with zero attached hydrogens (tertiary/aromatic N) is 6. The Hall–Kier alpha value is -3.49. The number of rotatable bonds is 5. The third kappa shape index (κ3) is 2.94. The molecule has 9 nitrogen and oxygen atoms in total. The van der Waals surface area contributed by atoms with Crippen LogP contribution >= 0.6 is 0 Å². The van der Waals surface area contributed by atoms with E-state index in [9.17, 15) is 9.59 Å². The second-order valence-corrected chi connectivity index (χ2v) is 6.67. The van der Waals surface area contributed by atoms with Crippen molar-refractivity contribution in [3.05, 3.63) is 62.6 Å². The molecule has 0 fully saturated rings. The second-order valence-electron chi connectivity index (χ2n) is 6.67. The smallest absolute Gasteiger partial charge is 0.269 e. The molecule has 0 amide bonds. The molecule has 4 rings (SSSR count). The van der Waals surface area contributed by atoms with E-state index >= 15 is 0 Å². The molecule has 0 atom stereocenters. The Bertz CT molecular complexity index is 1280. The maximum Gasteiger partial charge on any atom is 0.273 e. The summed E-state index contributed by atoms with van der Waals surface area (Å²) in [5.74, 6) is 0. The monoisotopic (exact) mass is 379 g/mol. The van der Waals surface area contributed by atoms with Crippen LogP contribution in [0.1, 0.15) is 18.3 Å². The Balaban J connectivity index is 1.60. The van der Waals surface area contributed by atoms with Crippen LogP contribution in [0.4, 0.5) is 0 Å². The first kappa shape index (κ1) is 17.9. The molecule has 0 aliphatic carbocycles. The first-order chi connectivity index (χ1) is 13.5. The number of nitrogens with one attached hydrogen (secondary N) is 1. The van der Waals surface area contributed by atoms with Gasteiger partial charge in [0.15, 0.2) is 0 Å². The molecule has 4 aromatic rings. The zero-order valence-corrected chi connectivity index (χ0v) is 16.0. The lowest BCUT2D eigenvalue weighted by atomic mass is 10.1. The number of hydrogen-bond donors (Lipinski definition) is 1. The second kappa shape index (κ2) is 6.91. The molecule has 0 spiro atoms. The molecule has 0 saturated carbocycles. The topological polar surface area (TPSA) is 103 Å². The van der Waals surface area contributed by atoms with Gasteiger partial charge in [-0.15, -0.1) is 5.10 Å². The summed E-state index contributed by atoms with van der Waals surface area (Å²) in [6, 6.07) is 6.79. The van der Waals surface area contributed by atoms with Crippen LogP contribution in [-0.4, -0.2) is 34.6 Å². The third-order valence-electron chi connectivity index (χ3n) is 4.91. The number of hydrogen-bond acceptors (Lipinski definition) is 5. The van der Waals surface area contributed by atoms with Crippen LogP contribution in [-0.2, 0) is 19.6 Å². The van der Waals surface area contributed by atoms with Gasteiger partial charge in [0.25, 0.3) is 11.1 Å². The summed E-state index contributed by atoms with van der Waals surface area (Å²) in [6.07, 6.45) is 1.83. The zero-order valence-electron chi connectivity index (χ0n) is 16.0. The fourth-order valence-electron chi connectivity index (χ4n) is 3.50. The summed E-state index contributed by atoms with van der Waals surface area (Å²) in [5, 5.41) is 16.4. The molecular formula is C19H21N7O2. The Labute approximate surface area is 160 Å². The van der Waals surface area contributed by atoms with Gasteiger partial charge in [0.2, 0.25) is 0 Å². The first-order valence-electron chi connectivity index (χ1n) is 9.16. The van der Waals surface area contributed by atoms with Gasteiger partial charge in [0.05, 0.1) is 35.8 Å². The van der Waals surface area contributed by atoms with Gasteiger partial charge in [-0.3, -0.25) is 24.1 Å². The van der Waals surface area contributed by atoms with Crippen LogP contribution in [0.3, 0.4) is 0 Å². The van der Waals surface area contributed by atoms with Crippen molar-refractivity contribution >= 4 is 10.8 Å². The number of aryl methyl sites for hydroxylation is 4. The van der Waals surface area contributed by atoms with Crippen LogP contribution in [0, 0.1) is 13.8 Å². The highest BCUT2D eigenvalue weighted by Gasteiger charge is 2.16. The lowest BCUT2D eigenvalue weighted by Gasteiger charge is -2.06. The molecule has 0 aliphatic heterocycles. The van der Waals surface area contributed by atoms with E-state index in [1.165, 1.54) is 4.68 Å². The first-order valence-corrected chi connectivity index (χ1v) is 9.16. The standard InChI is InChI=1S/C19H21N7O2/c1-4-25-13(3)17(12(2)21-25)16-11-24(23-20-16)9-10-26-19(28)15-8-6-5-7-14(15)18(27)22-26/h5-8,11H,4,9-10H2,1-3H3,(H,22,27). The molecule has 0 radical (unpaired) electrons. The van der Waals surface area contributed by atoms with E-state index < -0.39 is 0 Å². The summed E-state index contributed by atoms with van der Waals surface area (Å²) >= 11 is 0. The summed E-state index contributed by atoms with van der Waals surface area (Å²) in [7, 11) is 0. The van der Waals surface area contributed by atoms with Gasteiger partial charge in [-0.1, -0.05) is 17.3 Å².